The second-order valence-electron chi connectivity index (χ2n) is 3.62. The van der Waals surface area contributed by atoms with Crippen LogP contribution >= 0.6 is 0 Å². The Balaban J connectivity index is 2.87. The van der Waals surface area contributed by atoms with Crippen molar-refractivity contribution in [2.75, 3.05) is 41.7 Å². The highest BCUT2D eigenvalue weighted by Gasteiger charge is 2.14. The minimum Gasteiger partial charge on any atom is -0.493 e. The summed E-state index contributed by atoms with van der Waals surface area (Å²) in [6.45, 7) is -0.0586. The summed E-state index contributed by atoms with van der Waals surface area (Å²) < 4.78 is 25.6. The minimum absolute atomic E-state index is 0.0183. The lowest BCUT2D eigenvalue weighted by atomic mass is 10.2. The van der Waals surface area contributed by atoms with E-state index in [0.29, 0.717) is 23.0 Å². The molecule has 0 fully saturated rings. The van der Waals surface area contributed by atoms with Gasteiger partial charge in [0.1, 0.15) is 19.0 Å². The fourth-order valence-electron chi connectivity index (χ4n) is 1.51. The number of hydrogen-bond acceptors (Lipinski definition) is 6. The molecule has 0 bridgehead atoms. The van der Waals surface area contributed by atoms with E-state index in [2.05, 4.69) is 0 Å². The van der Waals surface area contributed by atoms with Crippen molar-refractivity contribution in [3.63, 3.8) is 0 Å². The lowest BCUT2D eigenvalue weighted by Gasteiger charge is -2.14. The van der Waals surface area contributed by atoms with Gasteiger partial charge in [0.2, 0.25) is 5.75 Å². The topological polar surface area (TPSA) is 63.2 Å². The zero-order chi connectivity index (χ0) is 14.3. The Morgan fingerprint density at radius 3 is 1.95 bits per heavy atom. The highest BCUT2D eigenvalue weighted by Crippen LogP contribution is 2.40. The van der Waals surface area contributed by atoms with Crippen LogP contribution in [0.1, 0.15) is 0 Å². The molecule has 0 amide bonds. The molecule has 0 aromatic heterocycles. The maximum Gasteiger partial charge on any atom is 0.203 e. The third-order valence-corrected chi connectivity index (χ3v) is 2.34. The molecule has 106 valence electrons. The van der Waals surface area contributed by atoms with E-state index in [1.165, 1.54) is 28.4 Å². The van der Waals surface area contributed by atoms with Crippen molar-refractivity contribution < 1.29 is 28.5 Å². The minimum atomic E-state index is -0.156. The molecule has 0 radical (unpaired) electrons. The molecule has 0 aliphatic rings. The van der Waals surface area contributed by atoms with Crippen LogP contribution in [-0.2, 0) is 9.53 Å². The van der Waals surface area contributed by atoms with Crippen LogP contribution in [0.5, 0.6) is 23.0 Å². The molecule has 0 saturated carbocycles. The van der Waals surface area contributed by atoms with Gasteiger partial charge in [-0.1, -0.05) is 0 Å². The van der Waals surface area contributed by atoms with Crippen molar-refractivity contribution in [3.8, 4) is 23.0 Å². The molecule has 1 aromatic rings. The Bertz CT molecular complexity index is 404. The van der Waals surface area contributed by atoms with E-state index in [0.717, 1.165) is 0 Å². The lowest BCUT2D eigenvalue weighted by Crippen LogP contribution is -2.16. The lowest BCUT2D eigenvalue weighted by molar-refractivity contribution is -0.124. The summed E-state index contributed by atoms with van der Waals surface area (Å²) in [5.74, 6) is 1.71. The Morgan fingerprint density at radius 1 is 0.947 bits per heavy atom. The summed E-state index contributed by atoms with van der Waals surface area (Å²) in [7, 11) is 5.99. The zero-order valence-corrected chi connectivity index (χ0v) is 11.5. The summed E-state index contributed by atoms with van der Waals surface area (Å²) in [6, 6.07) is 3.25. The van der Waals surface area contributed by atoms with E-state index in [1.807, 2.05) is 0 Å². The van der Waals surface area contributed by atoms with E-state index in [4.69, 9.17) is 23.7 Å². The van der Waals surface area contributed by atoms with E-state index in [1.54, 1.807) is 12.1 Å². The third-order valence-electron chi connectivity index (χ3n) is 2.34. The molecule has 6 heteroatoms. The Morgan fingerprint density at radius 2 is 1.53 bits per heavy atom. The molecule has 0 spiro atoms. The number of benzene rings is 1. The third kappa shape index (κ3) is 4.03. The van der Waals surface area contributed by atoms with E-state index < -0.39 is 0 Å². The number of carbonyl (C=O) groups excluding carboxylic acids is 1. The molecular weight excluding hydrogens is 252 g/mol. The van der Waals surface area contributed by atoms with Crippen LogP contribution in [0.3, 0.4) is 0 Å². The van der Waals surface area contributed by atoms with Crippen LogP contribution in [0.2, 0.25) is 0 Å². The van der Waals surface area contributed by atoms with Gasteiger partial charge in [-0.3, -0.25) is 4.79 Å². The molecule has 1 rings (SSSR count). The van der Waals surface area contributed by atoms with Crippen molar-refractivity contribution in [1.29, 1.82) is 0 Å². The van der Waals surface area contributed by atoms with Crippen LogP contribution in [0.15, 0.2) is 12.1 Å². The van der Waals surface area contributed by atoms with Gasteiger partial charge in [-0.25, -0.2) is 0 Å². The number of hydrogen-bond donors (Lipinski definition) is 0. The molecule has 0 N–H and O–H groups in total. The number of ether oxygens (including phenoxy) is 5. The summed E-state index contributed by atoms with van der Waals surface area (Å²) >= 11 is 0. The van der Waals surface area contributed by atoms with Crippen molar-refractivity contribution in [2.45, 2.75) is 0 Å². The summed E-state index contributed by atoms with van der Waals surface area (Å²) in [5.41, 5.74) is 0. The first-order valence-corrected chi connectivity index (χ1v) is 5.59. The Hall–Kier alpha value is -1.95. The largest absolute Gasteiger partial charge is 0.493 e. The summed E-state index contributed by atoms with van der Waals surface area (Å²) in [4.78, 5) is 11.3. The number of rotatable bonds is 8. The average Bonchev–Trinajstić information content (AvgIpc) is 2.44. The van der Waals surface area contributed by atoms with Crippen molar-refractivity contribution in [1.82, 2.24) is 0 Å². The predicted molar refractivity (Wildman–Crippen MR) is 68.5 cm³/mol. The highest BCUT2D eigenvalue weighted by atomic mass is 16.5. The first-order chi connectivity index (χ1) is 9.15. The Kier molecular flexibility index (Phi) is 5.95. The molecule has 0 heterocycles. The normalized spacial score (nSPS) is 9.89. The molecule has 0 atom stereocenters. The van der Waals surface area contributed by atoms with E-state index in [-0.39, 0.29) is 19.0 Å². The molecule has 19 heavy (non-hydrogen) atoms. The maximum atomic E-state index is 11.3. The molecule has 0 saturated heterocycles. The van der Waals surface area contributed by atoms with Crippen LogP contribution in [0.4, 0.5) is 0 Å². The molecule has 0 aliphatic heterocycles. The van der Waals surface area contributed by atoms with Gasteiger partial charge in [0.25, 0.3) is 0 Å². The van der Waals surface area contributed by atoms with Gasteiger partial charge < -0.3 is 23.7 Å². The standard InChI is InChI=1S/C13H18O6/c1-15-7-9(14)8-19-10-5-11(16-2)13(18-4)12(6-10)17-3/h5-6H,7-8H2,1-4H3. The van der Waals surface area contributed by atoms with Gasteiger partial charge in [-0.15, -0.1) is 0 Å². The summed E-state index contributed by atoms with van der Waals surface area (Å²) in [5, 5.41) is 0. The van der Waals surface area contributed by atoms with Gasteiger partial charge >= 0.3 is 0 Å². The van der Waals surface area contributed by atoms with Crippen molar-refractivity contribution in [3.05, 3.63) is 12.1 Å². The number of carbonyl (C=O) groups is 1. The molecule has 0 aliphatic carbocycles. The number of methoxy groups -OCH3 is 4. The van der Waals surface area contributed by atoms with Crippen molar-refractivity contribution in [2.24, 2.45) is 0 Å². The first kappa shape index (κ1) is 15.1. The second kappa shape index (κ2) is 7.48. The fraction of sp³-hybridized carbons (Fsp3) is 0.462. The quantitative estimate of drug-likeness (QED) is 0.709. The SMILES string of the molecule is COCC(=O)COc1cc(OC)c(OC)c(OC)c1. The summed E-state index contributed by atoms with van der Waals surface area (Å²) in [6.07, 6.45) is 0. The number of Topliss-reactive ketones (excluding diaryl/α,β-unsaturated/α-hetero) is 1. The van der Waals surface area contributed by atoms with Gasteiger partial charge in [0, 0.05) is 19.2 Å². The fourth-order valence-corrected chi connectivity index (χ4v) is 1.51. The predicted octanol–water partition coefficient (Wildman–Crippen LogP) is 1.31. The van der Waals surface area contributed by atoms with E-state index >= 15 is 0 Å². The monoisotopic (exact) mass is 270 g/mol. The average molecular weight is 270 g/mol. The second-order valence-corrected chi connectivity index (χ2v) is 3.62. The van der Waals surface area contributed by atoms with Gasteiger partial charge in [-0.05, 0) is 0 Å². The first-order valence-electron chi connectivity index (χ1n) is 5.59. The van der Waals surface area contributed by atoms with Gasteiger partial charge in [0.05, 0.1) is 21.3 Å². The smallest absolute Gasteiger partial charge is 0.203 e. The van der Waals surface area contributed by atoms with Crippen molar-refractivity contribution >= 4 is 5.78 Å². The van der Waals surface area contributed by atoms with Crippen LogP contribution in [-0.4, -0.2) is 47.4 Å². The molecule has 6 nitrogen and oxygen atoms in total. The van der Waals surface area contributed by atoms with E-state index in [9.17, 15) is 4.79 Å². The van der Waals surface area contributed by atoms with Crippen LogP contribution in [0, 0.1) is 0 Å². The number of ketones is 1. The van der Waals surface area contributed by atoms with Crippen LogP contribution in [0.25, 0.3) is 0 Å². The Labute approximate surface area is 112 Å². The molecule has 0 unspecified atom stereocenters. The maximum absolute atomic E-state index is 11.3. The molecular formula is C13H18O6. The van der Waals surface area contributed by atoms with Gasteiger partial charge in [0.15, 0.2) is 17.3 Å². The molecule has 1 aromatic carbocycles. The zero-order valence-electron chi connectivity index (χ0n) is 11.5. The highest BCUT2D eigenvalue weighted by molar-refractivity contribution is 5.81. The van der Waals surface area contributed by atoms with Gasteiger partial charge in [-0.2, -0.15) is 0 Å². The van der Waals surface area contributed by atoms with Crippen LogP contribution < -0.4 is 18.9 Å².